The molecule has 220 valence electrons. The number of nitrogen functional groups attached to an aromatic ring is 1. The molecule has 0 saturated carbocycles. The van der Waals surface area contributed by atoms with Gasteiger partial charge in [0.25, 0.3) is 11.1 Å². The summed E-state index contributed by atoms with van der Waals surface area (Å²) in [7, 11) is 0. The lowest BCUT2D eigenvalue weighted by atomic mass is 10.1. The third-order valence-electron chi connectivity index (χ3n) is 6.65. The van der Waals surface area contributed by atoms with Gasteiger partial charge in [0, 0.05) is 6.42 Å². The van der Waals surface area contributed by atoms with E-state index in [2.05, 4.69) is 47.5 Å². The van der Waals surface area contributed by atoms with E-state index < -0.39 is 67.6 Å². The Morgan fingerprint density at radius 1 is 1.29 bits per heavy atom. The van der Waals surface area contributed by atoms with Gasteiger partial charge in [-0.05, 0) is 0 Å². The summed E-state index contributed by atoms with van der Waals surface area (Å²) >= 11 is 4.05. The van der Waals surface area contributed by atoms with Gasteiger partial charge in [0.2, 0.25) is 5.95 Å². The summed E-state index contributed by atoms with van der Waals surface area (Å²) < 4.78 is 53.0. The molecule has 1 unspecified atom stereocenters. The number of thiol groups is 1. The average Bonchev–Trinajstić information content (AvgIpc) is 3.69. The van der Waals surface area contributed by atoms with Crippen LogP contribution in [0.5, 0.6) is 0 Å². The number of nitrogens with one attached hydrogen (secondary N) is 2. The molecule has 0 aromatic carbocycles. The first-order valence-corrected chi connectivity index (χ1v) is 14.6. The molecule has 2 aliphatic rings. The number of nitrogens with zero attached hydrogens (tertiary/aromatic N) is 7. The molecule has 6 N–H and O–H groups in total. The van der Waals surface area contributed by atoms with Crippen LogP contribution in [-0.4, -0.2) is 99.0 Å². The molecule has 0 amide bonds. The lowest BCUT2D eigenvalue weighted by Crippen LogP contribution is -2.37. The Labute approximate surface area is 231 Å². The molecule has 4 aromatic heterocycles. The summed E-state index contributed by atoms with van der Waals surface area (Å²) in [4.78, 5) is 40.9. The average molecular weight is 616 g/mol. The topological polar surface area (TPSA) is 260 Å². The summed E-state index contributed by atoms with van der Waals surface area (Å²) in [5, 5.41) is 27.5. The predicted octanol–water partition coefficient (Wildman–Crippen LogP) is -1.67. The highest BCUT2D eigenvalue weighted by atomic mass is 32.7. The van der Waals surface area contributed by atoms with Gasteiger partial charge in [-0.25, -0.2) is 18.9 Å². The maximum Gasteiger partial charge on any atom is 0.388 e. The van der Waals surface area contributed by atoms with Crippen molar-refractivity contribution < 1.29 is 37.7 Å². The smallest absolute Gasteiger partial charge is 0.388 e. The van der Waals surface area contributed by atoms with Crippen LogP contribution in [-0.2, 0) is 28.8 Å². The molecule has 4 aromatic rings. The first kappa shape index (κ1) is 27.8. The number of aromatic nitrogens is 9. The number of fused-ring (bicyclic) bond motifs is 2. The second-order valence-corrected chi connectivity index (χ2v) is 12.1. The Morgan fingerprint density at radius 2 is 2.10 bits per heavy atom. The number of hydrogen-bond donors (Lipinski definition) is 6. The molecule has 41 heavy (non-hydrogen) atoms. The fourth-order valence-electron chi connectivity index (χ4n) is 4.73. The standard InChI is InChI=1S/C19H22FN10O9PS/c20-9-12(32)8(38-17(9)30-13-11(27-28-30)15(33)23-5-22-13)3-37-40(35,41)39-19(1-7(2-31)36-4-19)29-6-24-10-14(29)25-18(21)26-16(10)34/h5-9,12,17,31-32H,1-4H2,(H,35,41)(H,22,23,33)(H3,21,25,26,34)/t7-,8+,9-,12+,17+,19+,40?/m0/s1. The summed E-state index contributed by atoms with van der Waals surface area (Å²) in [6, 6.07) is 0. The zero-order chi connectivity index (χ0) is 29.1. The van der Waals surface area contributed by atoms with Crippen molar-refractivity contribution in [3.05, 3.63) is 33.4 Å². The highest BCUT2D eigenvalue weighted by Crippen LogP contribution is 2.59. The Balaban J connectivity index is 1.23. The van der Waals surface area contributed by atoms with Gasteiger partial charge in [0.05, 0.1) is 38.6 Å². The molecule has 6 heterocycles. The van der Waals surface area contributed by atoms with Crippen molar-refractivity contribution in [1.29, 1.82) is 0 Å². The Hall–Kier alpha value is -3.30. The van der Waals surface area contributed by atoms with Gasteiger partial charge in [0.15, 0.2) is 40.5 Å². The minimum absolute atomic E-state index is 0.0214. The lowest BCUT2D eigenvalue weighted by molar-refractivity contribution is -0.0580. The number of alkyl halides is 1. The van der Waals surface area contributed by atoms with Gasteiger partial charge in [-0.3, -0.25) is 28.2 Å². The number of halogens is 1. The fraction of sp³-hybridized carbons (Fsp3) is 0.526. The first-order valence-electron chi connectivity index (χ1n) is 11.9. The van der Waals surface area contributed by atoms with Gasteiger partial charge < -0.3 is 30.4 Å². The molecule has 2 fully saturated rings. The second-order valence-electron chi connectivity index (χ2n) is 9.30. The number of H-pyrrole nitrogens is 2. The SMILES string of the molecule is Nc1nc2c(ncn2[C@]2(OP(=O)(S)OC[C@H]3O[C@@H](n4nnc5c(=O)[nH]cnc54)[C@@H](F)[C@@H]3O)CO[C@H](CO)C2)c(=O)[nH]1. The van der Waals surface area contributed by atoms with Gasteiger partial charge in [0.1, 0.15) is 12.2 Å². The second kappa shape index (κ2) is 10.2. The number of rotatable bonds is 8. The number of imidazole rings is 1. The molecule has 0 aliphatic carbocycles. The van der Waals surface area contributed by atoms with Crippen LogP contribution in [0, 0.1) is 0 Å². The van der Waals surface area contributed by atoms with E-state index >= 15 is 4.39 Å². The summed E-state index contributed by atoms with van der Waals surface area (Å²) in [6.07, 6.45) is -5.31. The Kier molecular flexibility index (Phi) is 6.93. The maximum absolute atomic E-state index is 15.1. The van der Waals surface area contributed by atoms with Gasteiger partial charge >= 0.3 is 6.80 Å². The van der Waals surface area contributed by atoms with Crippen LogP contribution in [0.25, 0.3) is 22.3 Å². The summed E-state index contributed by atoms with van der Waals surface area (Å²) in [6.45, 7) is -5.73. The van der Waals surface area contributed by atoms with Gasteiger partial charge in [-0.1, -0.05) is 17.5 Å². The molecule has 0 spiro atoms. The number of hydrogen-bond acceptors (Lipinski definition) is 15. The van der Waals surface area contributed by atoms with E-state index in [0.29, 0.717) is 0 Å². The molecule has 2 aliphatic heterocycles. The van der Waals surface area contributed by atoms with Crippen molar-refractivity contribution in [3.63, 3.8) is 0 Å². The maximum atomic E-state index is 15.1. The number of aromatic amines is 2. The van der Waals surface area contributed by atoms with Crippen molar-refractivity contribution in [1.82, 2.24) is 44.5 Å². The van der Waals surface area contributed by atoms with Crippen LogP contribution >= 0.6 is 19.0 Å². The third kappa shape index (κ3) is 4.83. The van der Waals surface area contributed by atoms with Crippen molar-refractivity contribution >= 4 is 47.3 Å². The minimum Gasteiger partial charge on any atom is -0.394 e. The third-order valence-corrected chi connectivity index (χ3v) is 8.29. The molecule has 22 heteroatoms. The molecule has 6 rings (SSSR count). The molecule has 0 bridgehead atoms. The van der Waals surface area contributed by atoms with E-state index in [1.165, 1.54) is 10.9 Å². The van der Waals surface area contributed by atoms with Crippen molar-refractivity contribution in [2.24, 2.45) is 0 Å². The minimum atomic E-state index is -4.38. The fourth-order valence-corrected chi connectivity index (χ4v) is 6.42. The van der Waals surface area contributed by atoms with E-state index in [0.717, 1.165) is 11.0 Å². The van der Waals surface area contributed by atoms with Crippen molar-refractivity contribution in [2.45, 2.75) is 42.9 Å². The van der Waals surface area contributed by atoms with Crippen LogP contribution in [0.3, 0.4) is 0 Å². The van der Waals surface area contributed by atoms with Crippen LogP contribution in [0.15, 0.2) is 22.2 Å². The molecular weight excluding hydrogens is 594 g/mol. The number of aliphatic hydroxyl groups excluding tert-OH is 2. The number of anilines is 1. The monoisotopic (exact) mass is 616 g/mol. The Bertz CT molecular complexity index is 1780. The zero-order valence-electron chi connectivity index (χ0n) is 20.6. The molecule has 0 radical (unpaired) electrons. The molecular formula is C19H22FN10O9PS. The van der Waals surface area contributed by atoms with E-state index in [-0.39, 0.29) is 41.3 Å². The van der Waals surface area contributed by atoms with Crippen LogP contribution in [0.2, 0.25) is 0 Å². The van der Waals surface area contributed by atoms with E-state index in [1.54, 1.807) is 0 Å². The Morgan fingerprint density at radius 3 is 2.85 bits per heavy atom. The van der Waals surface area contributed by atoms with Crippen molar-refractivity contribution in [2.75, 3.05) is 25.6 Å². The largest absolute Gasteiger partial charge is 0.394 e. The van der Waals surface area contributed by atoms with Gasteiger partial charge in [-0.2, -0.15) is 9.67 Å². The number of nitrogens with two attached hydrogens (primary N) is 1. The molecule has 2 saturated heterocycles. The first-order chi connectivity index (χ1) is 19.5. The predicted molar refractivity (Wildman–Crippen MR) is 136 cm³/mol. The molecule has 19 nitrogen and oxygen atoms in total. The number of aliphatic hydroxyl groups is 2. The van der Waals surface area contributed by atoms with E-state index in [4.69, 9.17) is 24.3 Å². The quantitative estimate of drug-likeness (QED) is 0.0955. The van der Waals surface area contributed by atoms with E-state index in [9.17, 15) is 24.4 Å². The number of ether oxygens (including phenoxy) is 2. The summed E-state index contributed by atoms with van der Waals surface area (Å²) in [5.74, 6) is -0.218. The van der Waals surface area contributed by atoms with E-state index in [1.807, 2.05) is 0 Å². The summed E-state index contributed by atoms with van der Waals surface area (Å²) in [5.41, 5.74) is 2.41. The van der Waals surface area contributed by atoms with Crippen LogP contribution in [0.1, 0.15) is 12.6 Å². The van der Waals surface area contributed by atoms with Crippen molar-refractivity contribution in [3.8, 4) is 0 Å². The van der Waals surface area contributed by atoms with Crippen LogP contribution < -0.4 is 16.9 Å². The molecule has 7 atom stereocenters. The van der Waals surface area contributed by atoms with Crippen LogP contribution in [0.4, 0.5) is 10.3 Å². The highest BCUT2D eigenvalue weighted by molar-refractivity contribution is 8.44. The van der Waals surface area contributed by atoms with Gasteiger partial charge in [-0.15, -0.1) is 5.10 Å². The lowest BCUT2D eigenvalue weighted by Gasteiger charge is -2.32. The highest BCUT2D eigenvalue weighted by Gasteiger charge is 2.50. The normalized spacial score (nSPS) is 29.9. The zero-order valence-corrected chi connectivity index (χ0v) is 22.4.